The molecular formula is C15H17N3O2. The van der Waals surface area contributed by atoms with Gasteiger partial charge in [-0.3, -0.25) is 4.79 Å². The van der Waals surface area contributed by atoms with Crippen LogP contribution in [0, 0.1) is 11.3 Å². The Morgan fingerprint density at radius 1 is 1.65 bits per heavy atom. The monoisotopic (exact) mass is 271 g/mol. The first-order chi connectivity index (χ1) is 9.72. The van der Waals surface area contributed by atoms with Gasteiger partial charge in [0.1, 0.15) is 6.10 Å². The van der Waals surface area contributed by atoms with Gasteiger partial charge in [-0.1, -0.05) is 6.08 Å². The van der Waals surface area contributed by atoms with E-state index in [1.807, 2.05) is 6.92 Å². The number of pyridine rings is 1. The Morgan fingerprint density at radius 3 is 3.25 bits per heavy atom. The average molecular weight is 271 g/mol. The number of nitrogens with zero attached hydrogens (tertiary/aromatic N) is 3. The summed E-state index contributed by atoms with van der Waals surface area (Å²) in [4.78, 5) is 17.7. The minimum absolute atomic E-state index is 0.0135. The summed E-state index contributed by atoms with van der Waals surface area (Å²) in [6.45, 7) is 3.14. The topological polar surface area (TPSA) is 66.2 Å². The van der Waals surface area contributed by atoms with Crippen LogP contribution >= 0.6 is 0 Å². The lowest BCUT2D eigenvalue weighted by atomic mass is 10.1. The van der Waals surface area contributed by atoms with Crippen molar-refractivity contribution in [2.24, 2.45) is 0 Å². The number of likely N-dealkylation sites (tertiary alicyclic amines) is 1. The van der Waals surface area contributed by atoms with Crippen molar-refractivity contribution in [2.75, 3.05) is 13.1 Å². The summed E-state index contributed by atoms with van der Waals surface area (Å²) in [6.07, 6.45) is 6.59. The minimum atomic E-state index is -0.0700. The van der Waals surface area contributed by atoms with Gasteiger partial charge >= 0.3 is 0 Å². The van der Waals surface area contributed by atoms with Gasteiger partial charge in [0.25, 0.3) is 0 Å². The standard InChI is InChI=1S/C15H17N3O2/c1-2-4-15(19)18-8-3-5-13(11-18)20-14-9-12(10-16)6-7-17-14/h2,4,6-7,9,13H,3,5,8,11H2,1H3/b4-2+/t13-/m1/s1. The lowest BCUT2D eigenvalue weighted by molar-refractivity contribution is -0.128. The van der Waals surface area contributed by atoms with Crippen LogP contribution in [-0.4, -0.2) is 35.0 Å². The summed E-state index contributed by atoms with van der Waals surface area (Å²) in [5, 5.41) is 8.85. The Kier molecular flexibility index (Phi) is 4.72. The van der Waals surface area contributed by atoms with Gasteiger partial charge in [-0.15, -0.1) is 0 Å². The highest BCUT2D eigenvalue weighted by Gasteiger charge is 2.23. The molecule has 0 spiro atoms. The maximum atomic E-state index is 11.8. The molecule has 2 heterocycles. The molecule has 0 saturated carbocycles. The van der Waals surface area contributed by atoms with Gasteiger partial charge in [-0.05, 0) is 31.9 Å². The largest absolute Gasteiger partial charge is 0.472 e. The third kappa shape index (κ3) is 3.58. The maximum Gasteiger partial charge on any atom is 0.246 e. The summed E-state index contributed by atoms with van der Waals surface area (Å²) >= 11 is 0. The molecule has 0 aromatic carbocycles. The van der Waals surface area contributed by atoms with Gasteiger partial charge in [-0.25, -0.2) is 4.98 Å². The first-order valence-electron chi connectivity index (χ1n) is 6.67. The molecule has 1 aromatic rings. The van der Waals surface area contributed by atoms with Crippen molar-refractivity contribution in [2.45, 2.75) is 25.9 Å². The molecule has 2 rings (SSSR count). The predicted molar refractivity (Wildman–Crippen MR) is 74.0 cm³/mol. The van der Waals surface area contributed by atoms with Crippen LogP contribution in [0.5, 0.6) is 5.88 Å². The number of carbonyl (C=O) groups is 1. The van der Waals surface area contributed by atoms with Gasteiger partial charge in [0.15, 0.2) is 0 Å². The van der Waals surface area contributed by atoms with Crippen molar-refractivity contribution in [3.8, 4) is 11.9 Å². The Balaban J connectivity index is 1.99. The van der Waals surface area contributed by atoms with Crippen LogP contribution in [-0.2, 0) is 4.79 Å². The highest BCUT2D eigenvalue weighted by Crippen LogP contribution is 2.17. The summed E-state index contributed by atoms with van der Waals surface area (Å²) in [7, 11) is 0. The quantitative estimate of drug-likeness (QED) is 0.787. The molecule has 1 fully saturated rings. The molecule has 1 aliphatic heterocycles. The van der Waals surface area contributed by atoms with E-state index in [4.69, 9.17) is 10.00 Å². The van der Waals surface area contributed by atoms with Gasteiger partial charge in [0.05, 0.1) is 18.2 Å². The molecule has 0 bridgehead atoms. The van der Waals surface area contributed by atoms with Crippen LogP contribution in [0.15, 0.2) is 30.5 Å². The molecule has 0 radical (unpaired) electrons. The van der Waals surface area contributed by atoms with Gasteiger partial charge < -0.3 is 9.64 Å². The first-order valence-corrected chi connectivity index (χ1v) is 6.67. The number of piperidine rings is 1. The minimum Gasteiger partial charge on any atom is -0.472 e. The zero-order valence-electron chi connectivity index (χ0n) is 11.5. The molecular weight excluding hydrogens is 254 g/mol. The molecule has 5 heteroatoms. The smallest absolute Gasteiger partial charge is 0.246 e. The number of ether oxygens (including phenoxy) is 1. The summed E-state index contributed by atoms with van der Waals surface area (Å²) in [5.74, 6) is 0.453. The van der Waals surface area contributed by atoms with Gasteiger partial charge in [-0.2, -0.15) is 5.26 Å². The second-order valence-electron chi connectivity index (χ2n) is 4.66. The van der Waals surface area contributed by atoms with Crippen molar-refractivity contribution >= 4 is 5.91 Å². The van der Waals surface area contributed by atoms with Crippen LogP contribution in [0.3, 0.4) is 0 Å². The normalized spacial score (nSPS) is 18.8. The second kappa shape index (κ2) is 6.71. The molecule has 1 aliphatic rings. The molecule has 5 nitrogen and oxygen atoms in total. The number of rotatable bonds is 3. The van der Waals surface area contributed by atoms with Crippen LogP contribution in [0.25, 0.3) is 0 Å². The van der Waals surface area contributed by atoms with E-state index in [9.17, 15) is 4.79 Å². The Bertz CT molecular complexity index is 548. The van der Waals surface area contributed by atoms with E-state index in [0.717, 1.165) is 19.4 Å². The number of aromatic nitrogens is 1. The first kappa shape index (κ1) is 14.1. The van der Waals surface area contributed by atoms with Gasteiger partial charge in [0, 0.05) is 18.8 Å². The zero-order chi connectivity index (χ0) is 14.4. The zero-order valence-corrected chi connectivity index (χ0v) is 11.5. The summed E-state index contributed by atoms with van der Waals surface area (Å²) in [5.41, 5.74) is 0.521. The van der Waals surface area contributed by atoms with E-state index in [2.05, 4.69) is 11.1 Å². The molecule has 1 amide bonds. The fourth-order valence-corrected chi connectivity index (χ4v) is 2.20. The van der Waals surface area contributed by atoms with Gasteiger partial charge in [0.2, 0.25) is 11.8 Å². The lowest BCUT2D eigenvalue weighted by Gasteiger charge is -2.32. The molecule has 1 aromatic heterocycles. The fourth-order valence-electron chi connectivity index (χ4n) is 2.20. The van der Waals surface area contributed by atoms with Crippen molar-refractivity contribution in [3.63, 3.8) is 0 Å². The predicted octanol–water partition coefficient (Wildman–Crippen LogP) is 1.90. The molecule has 0 unspecified atom stereocenters. The molecule has 1 atom stereocenters. The SMILES string of the molecule is C/C=C/C(=O)N1CCC[C@@H](Oc2cc(C#N)ccn2)C1. The highest BCUT2D eigenvalue weighted by atomic mass is 16.5. The maximum absolute atomic E-state index is 11.8. The van der Waals surface area contributed by atoms with E-state index in [0.29, 0.717) is 18.0 Å². The van der Waals surface area contributed by atoms with E-state index in [1.165, 1.54) is 0 Å². The van der Waals surface area contributed by atoms with Crippen LogP contribution in [0.4, 0.5) is 0 Å². The third-order valence-corrected chi connectivity index (χ3v) is 3.15. The number of nitriles is 1. The van der Waals surface area contributed by atoms with E-state index >= 15 is 0 Å². The third-order valence-electron chi connectivity index (χ3n) is 3.15. The van der Waals surface area contributed by atoms with Crippen LogP contribution < -0.4 is 4.74 Å². The van der Waals surface area contributed by atoms with Crippen molar-refractivity contribution in [3.05, 3.63) is 36.0 Å². The number of hydrogen-bond donors (Lipinski definition) is 0. The number of allylic oxidation sites excluding steroid dienone is 1. The van der Waals surface area contributed by atoms with Crippen molar-refractivity contribution in [1.29, 1.82) is 5.26 Å². The molecule has 1 saturated heterocycles. The number of carbonyl (C=O) groups excluding carboxylic acids is 1. The Morgan fingerprint density at radius 2 is 2.50 bits per heavy atom. The molecule has 20 heavy (non-hydrogen) atoms. The van der Waals surface area contributed by atoms with Crippen molar-refractivity contribution < 1.29 is 9.53 Å². The fraction of sp³-hybridized carbons (Fsp3) is 0.400. The molecule has 0 aliphatic carbocycles. The molecule has 0 N–H and O–H groups in total. The van der Waals surface area contributed by atoms with Crippen LogP contribution in [0.1, 0.15) is 25.3 Å². The second-order valence-corrected chi connectivity index (χ2v) is 4.66. The average Bonchev–Trinajstić information content (AvgIpc) is 2.48. The molecule has 104 valence electrons. The van der Waals surface area contributed by atoms with E-state index in [-0.39, 0.29) is 12.0 Å². The number of amides is 1. The highest BCUT2D eigenvalue weighted by molar-refractivity contribution is 5.87. The number of hydrogen-bond acceptors (Lipinski definition) is 4. The van der Waals surface area contributed by atoms with E-state index < -0.39 is 0 Å². The Labute approximate surface area is 118 Å². The Hall–Kier alpha value is -2.35. The van der Waals surface area contributed by atoms with E-state index in [1.54, 1.807) is 35.4 Å². The van der Waals surface area contributed by atoms with Crippen molar-refractivity contribution in [1.82, 2.24) is 9.88 Å². The van der Waals surface area contributed by atoms with Crippen LogP contribution in [0.2, 0.25) is 0 Å². The lowest BCUT2D eigenvalue weighted by Crippen LogP contribution is -2.43. The summed E-state index contributed by atoms with van der Waals surface area (Å²) in [6, 6.07) is 5.31. The summed E-state index contributed by atoms with van der Waals surface area (Å²) < 4.78 is 5.78.